The third-order valence-corrected chi connectivity index (χ3v) is 5.52. The van der Waals surface area contributed by atoms with E-state index in [1.54, 1.807) is 0 Å². The van der Waals surface area contributed by atoms with Gasteiger partial charge >= 0.3 is 0 Å². The van der Waals surface area contributed by atoms with E-state index in [2.05, 4.69) is 54.1 Å². The quantitative estimate of drug-likeness (QED) is 0.869. The summed E-state index contributed by atoms with van der Waals surface area (Å²) in [5.74, 6) is 0.247. The van der Waals surface area contributed by atoms with Crippen LogP contribution in [0, 0.1) is 5.92 Å². The number of aryl methyl sites for hydroxylation is 1. The highest BCUT2D eigenvalue weighted by Crippen LogP contribution is 2.33. The van der Waals surface area contributed by atoms with E-state index in [4.69, 9.17) is 0 Å². The highest BCUT2D eigenvalue weighted by Gasteiger charge is 2.24. The van der Waals surface area contributed by atoms with Crippen molar-refractivity contribution < 1.29 is 5.11 Å². The van der Waals surface area contributed by atoms with Gasteiger partial charge in [0, 0.05) is 51.0 Å². The van der Waals surface area contributed by atoms with Crippen molar-refractivity contribution in [3.63, 3.8) is 0 Å². The van der Waals surface area contributed by atoms with Crippen LogP contribution in [0.4, 0.5) is 5.69 Å². The van der Waals surface area contributed by atoms with E-state index in [1.807, 2.05) is 0 Å². The smallest absolute Gasteiger partial charge is 0.0828 e. The number of fused-ring (bicyclic) bond motifs is 1. The molecule has 1 fully saturated rings. The lowest BCUT2D eigenvalue weighted by atomic mass is 9.92. The lowest BCUT2D eigenvalue weighted by Gasteiger charge is -2.36. The topological polar surface area (TPSA) is 38.7 Å². The third kappa shape index (κ3) is 3.93. The molecule has 0 aliphatic carbocycles. The maximum atomic E-state index is 10.9. The molecule has 1 aromatic carbocycles. The van der Waals surface area contributed by atoms with Crippen molar-refractivity contribution in [1.82, 2.24) is 10.2 Å². The van der Waals surface area contributed by atoms with E-state index in [9.17, 15) is 5.11 Å². The molecule has 1 aromatic rings. The molecule has 0 spiro atoms. The molecule has 3 rings (SSSR count). The zero-order valence-electron chi connectivity index (χ0n) is 15.5. The van der Waals surface area contributed by atoms with E-state index in [0.717, 1.165) is 51.3 Å². The normalized spacial score (nSPS) is 21.6. The molecule has 0 amide bonds. The van der Waals surface area contributed by atoms with Gasteiger partial charge in [-0.05, 0) is 49.8 Å². The number of nitrogens with zero attached hydrogens (tertiary/aromatic N) is 2. The summed E-state index contributed by atoms with van der Waals surface area (Å²) in [5, 5.41) is 14.3. The van der Waals surface area contributed by atoms with Crippen molar-refractivity contribution in [2.24, 2.45) is 5.92 Å². The second-order valence-corrected chi connectivity index (χ2v) is 7.75. The first-order valence-electron chi connectivity index (χ1n) is 9.57. The number of nitrogens with one attached hydrogen (secondary N) is 1. The van der Waals surface area contributed by atoms with Crippen molar-refractivity contribution in [2.45, 2.75) is 45.8 Å². The Morgan fingerprint density at radius 3 is 2.58 bits per heavy atom. The Bertz CT molecular complexity index is 540. The summed E-state index contributed by atoms with van der Waals surface area (Å²) in [6, 6.07) is 7.13. The zero-order valence-corrected chi connectivity index (χ0v) is 15.5. The fourth-order valence-corrected chi connectivity index (χ4v) is 4.07. The number of aliphatic hydroxyl groups excluding tert-OH is 1. The largest absolute Gasteiger partial charge is 0.388 e. The number of anilines is 1. The first-order chi connectivity index (χ1) is 11.6. The molecule has 0 bridgehead atoms. The van der Waals surface area contributed by atoms with Gasteiger partial charge in [-0.3, -0.25) is 0 Å². The van der Waals surface area contributed by atoms with E-state index >= 15 is 0 Å². The molecule has 4 nitrogen and oxygen atoms in total. The van der Waals surface area contributed by atoms with Crippen molar-refractivity contribution in [2.75, 3.05) is 44.2 Å². The van der Waals surface area contributed by atoms with E-state index in [1.165, 1.54) is 17.7 Å². The van der Waals surface area contributed by atoms with Gasteiger partial charge in [-0.1, -0.05) is 19.1 Å². The van der Waals surface area contributed by atoms with Crippen LogP contribution in [0.2, 0.25) is 0 Å². The first-order valence-corrected chi connectivity index (χ1v) is 9.57. The molecule has 4 heteroatoms. The van der Waals surface area contributed by atoms with Crippen LogP contribution in [-0.4, -0.2) is 55.3 Å². The van der Waals surface area contributed by atoms with Crippen LogP contribution >= 0.6 is 0 Å². The Hall–Kier alpha value is -1.10. The Morgan fingerprint density at radius 1 is 1.12 bits per heavy atom. The van der Waals surface area contributed by atoms with Gasteiger partial charge in [-0.25, -0.2) is 0 Å². The average Bonchev–Trinajstić information content (AvgIpc) is 2.60. The summed E-state index contributed by atoms with van der Waals surface area (Å²) >= 11 is 0. The van der Waals surface area contributed by atoms with Crippen molar-refractivity contribution >= 4 is 5.69 Å². The Morgan fingerprint density at radius 2 is 1.88 bits per heavy atom. The predicted molar refractivity (Wildman–Crippen MR) is 101 cm³/mol. The number of hydrogen-bond donors (Lipinski definition) is 2. The minimum atomic E-state index is -0.388. The van der Waals surface area contributed by atoms with Crippen LogP contribution in [0.15, 0.2) is 18.2 Å². The maximum absolute atomic E-state index is 10.9. The molecule has 2 N–H and O–H groups in total. The molecule has 2 unspecified atom stereocenters. The summed E-state index contributed by atoms with van der Waals surface area (Å²) in [5.41, 5.74) is 3.84. The maximum Gasteiger partial charge on any atom is 0.0828 e. The van der Waals surface area contributed by atoms with E-state index < -0.39 is 0 Å². The first kappa shape index (κ1) is 17.7. The highest BCUT2D eigenvalue weighted by molar-refractivity contribution is 5.58. The van der Waals surface area contributed by atoms with Gasteiger partial charge in [0.15, 0.2) is 0 Å². The van der Waals surface area contributed by atoms with Gasteiger partial charge < -0.3 is 20.2 Å². The number of rotatable bonds is 5. The molecule has 1 saturated heterocycles. The van der Waals surface area contributed by atoms with Crippen molar-refractivity contribution in [3.05, 3.63) is 29.3 Å². The Labute approximate surface area is 146 Å². The van der Waals surface area contributed by atoms with Crippen LogP contribution in [0.3, 0.4) is 0 Å². The second-order valence-electron chi connectivity index (χ2n) is 7.75. The lowest BCUT2D eigenvalue weighted by Crippen LogP contribution is -2.45. The minimum Gasteiger partial charge on any atom is -0.388 e. The fourth-order valence-electron chi connectivity index (χ4n) is 4.07. The molecule has 2 aliphatic rings. The number of piperazine rings is 1. The lowest BCUT2D eigenvalue weighted by molar-refractivity contribution is 0.0842. The number of aliphatic hydroxyl groups is 1. The van der Waals surface area contributed by atoms with Gasteiger partial charge in [0.2, 0.25) is 0 Å². The molecule has 2 aliphatic heterocycles. The number of benzene rings is 1. The third-order valence-electron chi connectivity index (χ3n) is 5.52. The van der Waals surface area contributed by atoms with Crippen molar-refractivity contribution in [1.29, 1.82) is 0 Å². The zero-order chi connectivity index (χ0) is 17.1. The predicted octanol–water partition coefficient (Wildman–Crippen LogP) is 2.42. The highest BCUT2D eigenvalue weighted by atomic mass is 16.3. The van der Waals surface area contributed by atoms with Gasteiger partial charge in [0.1, 0.15) is 0 Å². The van der Waals surface area contributed by atoms with E-state index in [-0.39, 0.29) is 12.0 Å². The molecule has 2 atom stereocenters. The second kappa shape index (κ2) is 7.85. The Kier molecular flexibility index (Phi) is 5.80. The van der Waals surface area contributed by atoms with Crippen LogP contribution in [0.5, 0.6) is 0 Å². The molecule has 2 heterocycles. The molecule has 0 aromatic heterocycles. The van der Waals surface area contributed by atoms with E-state index in [0.29, 0.717) is 6.04 Å². The van der Waals surface area contributed by atoms with Crippen LogP contribution in [-0.2, 0) is 6.42 Å². The monoisotopic (exact) mass is 331 g/mol. The summed E-state index contributed by atoms with van der Waals surface area (Å²) in [4.78, 5) is 4.94. The van der Waals surface area contributed by atoms with Crippen LogP contribution in [0.1, 0.15) is 44.4 Å². The van der Waals surface area contributed by atoms with Gasteiger partial charge in [-0.15, -0.1) is 0 Å². The van der Waals surface area contributed by atoms with Crippen LogP contribution < -0.4 is 10.2 Å². The molecule has 24 heavy (non-hydrogen) atoms. The average molecular weight is 332 g/mol. The fraction of sp³-hybridized carbons (Fsp3) is 0.700. The SMILES string of the molecule is CC(CN1CCNCC1)C(O)c1ccc2c(c1)N(C(C)C)CCC2. The summed E-state index contributed by atoms with van der Waals surface area (Å²) in [6.45, 7) is 13.1. The molecular formula is C20H33N3O. The molecule has 0 saturated carbocycles. The van der Waals surface area contributed by atoms with Gasteiger partial charge in [0.25, 0.3) is 0 Å². The molecule has 0 radical (unpaired) electrons. The summed E-state index contributed by atoms with van der Waals surface area (Å²) in [6.07, 6.45) is 2.00. The van der Waals surface area contributed by atoms with Gasteiger partial charge in [-0.2, -0.15) is 0 Å². The Balaban J connectivity index is 1.72. The standard InChI is InChI=1S/C20H33N3O/c1-15(2)23-10-4-5-17-6-7-18(13-19(17)23)20(24)16(3)14-22-11-8-21-9-12-22/h6-7,13,15-16,20-21,24H,4-5,8-12,14H2,1-3H3. The molecule has 134 valence electrons. The summed E-state index contributed by atoms with van der Waals surface area (Å²) < 4.78 is 0. The van der Waals surface area contributed by atoms with Crippen LogP contribution in [0.25, 0.3) is 0 Å². The minimum absolute atomic E-state index is 0.247. The van der Waals surface area contributed by atoms with Gasteiger partial charge in [0.05, 0.1) is 6.10 Å². The number of hydrogen-bond acceptors (Lipinski definition) is 4. The summed E-state index contributed by atoms with van der Waals surface area (Å²) in [7, 11) is 0. The molecular weight excluding hydrogens is 298 g/mol. The van der Waals surface area contributed by atoms with Crippen molar-refractivity contribution in [3.8, 4) is 0 Å².